The Morgan fingerprint density at radius 1 is 0.565 bits per heavy atom. The lowest BCUT2D eigenvalue weighted by Crippen LogP contribution is -1.97. The van der Waals surface area contributed by atoms with Crippen LogP contribution in [0.4, 0.5) is 0 Å². The summed E-state index contributed by atoms with van der Waals surface area (Å²) in [5, 5.41) is 5.66. The molecule has 4 aromatic carbocycles. The summed E-state index contributed by atoms with van der Waals surface area (Å²) in [4.78, 5) is 24.4. The third-order valence-corrected chi connectivity index (χ3v) is 4.51. The maximum atomic E-state index is 12.2. The van der Waals surface area contributed by atoms with Crippen molar-refractivity contribution in [1.29, 1.82) is 0 Å². The quantitative estimate of drug-likeness (QED) is 0.273. The van der Waals surface area contributed by atoms with Crippen molar-refractivity contribution in [2.75, 3.05) is 0 Å². The molecule has 1 aliphatic heterocycles. The second-order valence-electron chi connectivity index (χ2n) is 5.68. The van der Waals surface area contributed by atoms with Gasteiger partial charge in [-0.15, -0.1) is 0 Å². The number of carbonyl (C=O) groups excluding carboxylic acids is 2. The van der Waals surface area contributed by atoms with Crippen molar-refractivity contribution in [3.63, 3.8) is 0 Å². The number of cyclic esters (lactones) is 2. The molecule has 0 saturated carbocycles. The highest BCUT2D eigenvalue weighted by Crippen LogP contribution is 2.39. The molecule has 0 N–H and O–H groups in total. The van der Waals surface area contributed by atoms with Crippen LogP contribution in [0.25, 0.3) is 32.3 Å². The Hall–Kier alpha value is -3.20. The van der Waals surface area contributed by atoms with E-state index in [2.05, 4.69) is 0 Å². The van der Waals surface area contributed by atoms with Gasteiger partial charge in [-0.25, -0.2) is 9.59 Å². The Balaban J connectivity index is 2.19. The highest BCUT2D eigenvalue weighted by Gasteiger charge is 2.34. The van der Waals surface area contributed by atoms with Crippen molar-refractivity contribution in [2.45, 2.75) is 0 Å². The van der Waals surface area contributed by atoms with E-state index in [0.717, 1.165) is 32.3 Å². The van der Waals surface area contributed by atoms with Crippen molar-refractivity contribution in [2.24, 2.45) is 0 Å². The highest BCUT2D eigenvalue weighted by atomic mass is 16.6. The number of fused-ring (bicyclic) bond motifs is 8. The van der Waals surface area contributed by atoms with Gasteiger partial charge in [-0.2, -0.15) is 0 Å². The van der Waals surface area contributed by atoms with Crippen LogP contribution in [0.3, 0.4) is 0 Å². The molecule has 0 fully saturated rings. The monoisotopic (exact) mass is 298 g/mol. The number of hydrogen-bond donors (Lipinski definition) is 0. The number of ether oxygens (including phenoxy) is 1. The van der Waals surface area contributed by atoms with E-state index in [-0.39, 0.29) is 0 Å². The zero-order chi connectivity index (χ0) is 15.6. The van der Waals surface area contributed by atoms with Crippen LogP contribution in [-0.2, 0) is 4.74 Å². The van der Waals surface area contributed by atoms with Gasteiger partial charge in [0.05, 0.1) is 11.1 Å². The lowest BCUT2D eigenvalue weighted by atomic mass is 9.90. The van der Waals surface area contributed by atoms with Crippen molar-refractivity contribution in [3.05, 3.63) is 71.8 Å². The Kier molecular flexibility index (Phi) is 2.24. The molecule has 4 aromatic rings. The van der Waals surface area contributed by atoms with E-state index in [0.29, 0.717) is 11.1 Å². The van der Waals surface area contributed by atoms with Crippen molar-refractivity contribution in [3.8, 4) is 0 Å². The predicted octanol–water partition coefficient (Wildman–Crippen LogP) is 4.46. The normalized spacial score (nSPS) is 13.7. The van der Waals surface area contributed by atoms with Crippen LogP contribution in [0.15, 0.2) is 60.7 Å². The summed E-state index contributed by atoms with van der Waals surface area (Å²) in [6.07, 6.45) is 0. The van der Waals surface area contributed by atoms with Crippen LogP contribution in [0.5, 0.6) is 0 Å². The first-order chi connectivity index (χ1) is 11.3. The first-order valence-electron chi connectivity index (χ1n) is 7.38. The molecule has 0 aliphatic carbocycles. The second-order valence-corrected chi connectivity index (χ2v) is 5.68. The molecule has 1 aliphatic rings. The van der Waals surface area contributed by atoms with Gasteiger partial charge in [-0.05, 0) is 32.3 Å². The molecule has 0 radical (unpaired) electrons. The van der Waals surface area contributed by atoms with Gasteiger partial charge in [0.1, 0.15) is 0 Å². The molecule has 23 heavy (non-hydrogen) atoms. The lowest BCUT2D eigenvalue weighted by molar-refractivity contribution is 0.0445. The van der Waals surface area contributed by atoms with Crippen LogP contribution < -0.4 is 0 Å². The average molecular weight is 298 g/mol. The lowest BCUT2D eigenvalue weighted by Gasteiger charge is -2.11. The maximum Gasteiger partial charge on any atom is 0.347 e. The molecular formula is C20H10O3. The smallest absolute Gasteiger partial charge is 0.347 e. The average Bonchev–Trinajstić information content (AvgIpc) is 2.89. The van der Waals surface area contributed by atoms with E-state index < -0.39 is 11.9 Å². The van der Waals surface area contributed by atoms with E-state index in [4.69, 9.17) is 4.74 Å². The maximum absolute atomic E-state index is 12.2. The molecule has 0 bridgehead atoms. The number of carbonyl (C=O) groups is 2. The fourth-order valence-electron chi connectivity index (χ4n) is 3.57. The third-order valence-electron chi connectivity index (χ3n) is 4.51. The summed E-state index contributed by atoms with van der Waals surface area (Å²) < 4.78 is 4.88. The van der Waals surface area contributed by atoms with E-state index in [1.165, 1.54) is 0 Å². The minimum absolute atomic E-state index is 0.383. The Morgan fingerprint density at radius 3 is 1.96 bits per heavy atom. The van der Waals surface area contributed by atoms with Crippen LogP contribution in [-0.4, -0.2) is 11.9 Å². The van der Waals surface area contributed by atoms with Crippen molar-refractivity contribution < 1.29 is 14.3 Å². The van der Waals surface area contributed by atoms with Gasteiger partial charge in [0.15, 0.2) is 0 Å². The Morgan fingerprint density at radius 2 is 1.17 bits per heavy atom. The van der Waals surface area contributed by atoms with Gasteiger partial charge >= 0.3 is 11.9 Å². The number of rotatable bonds is 0. The van der Waals surface area contributed by atoms with Gasteiger partial charge in [0.2, 0.25) is 0 Å². The van der Waals surface area contributed by atoms with Gasteiger partial charge in [-0.1, -0.05) is 60.7 Å². The van der Waals surface area contributed by atoms with Crippen molar-refractivity contribution >= 4 is 44.3 Å². The van der Waals surface area contributed by atoms with Gasteiger partial charge < -0.3 is 4.74 Å². The fraction of sp³-hybridized carbons (Fsp3) is 0. The first kappa shape index (κ1) is 12.4. The number of hydrogen-bond acceptors (Lipinski definition) is 3. The predicted molar refractivity (Wildman–Crippen MR) is 88.7 cm³/mol. The van der Waals surface area contributed by atoms with Gasteiger partial charge in [0, 0.05) is 0 Å². The Bertz CT molecular complexity index is 1170. The number of esters is 2. The van der Waals surface area contributed by atoms with Gasteiger partial charge in [0.25, 0.3) is 0 Å². The van der Waals surface area contributed by atoms with Crippen LogP contribution in [0.2, 0.25) is 0 Å². The summed E-state index contributed by atoms with van der Waals surface area (Å²) in [5.41, 5.74) is 0.767. The molecule has 5 rings (SSSR count). The zero-order valence-corrected chi connectivity index (χ0v) is 12.0. The standard InChI is InChI=1S/C20H10O3/c21-19-17-14-8-4-3-7-13(14)16-12-6-2-1-5-11(12)9-10-15(16)18(17)20(22)23-19/h1-10H. The summed E-state index contributed by atoms with van der Waals surface area (Å²) in [7, 11) is 0. The van der Waals surface area contributed by atoms with E-state index in [1.807, 2.05) is 60.7 Å². The molecular weight excluding hydrogens is 288 g/mol. The molecule has 0 spiro atoms. The van der Waals surface area contributed by atoms with Crippen LogP contribution >= 0.6 is 0 Å². The zero-order valence-electron chi connectivity index (χ0n) is 12.0. The minimum atomic E-state index is -0.559. The van der Waals surface area contributed by atoms with Gasteiger partial charge in [-0.3, -0.25) is 0 Å². The number of benzene rings is 4. The molecule has 1 heterocycles. The largest absolute Gasteiger partial charge is 0.386 e. The summed E-state index contributed by atoms with van der Waals surface area (Å²) in [6.45, 7) is 0. The first-order valence-corrected chi connectivity index (χ1v) is 7.38. The fourth-order valence-corrected chi connectivity index (χ4v) is 3.57. The molecule has 0 aromatic heterocycles. The summed E-state index contributed by atoms with van der Waals surface area (Å²) >= 11 is 0. The summed E-state index contributed by atoms with van der Waals surface area (Å²) in [6, 6.07) is 19.6. The summed E-state index contributed by atoms with van der Waals surface area (Å²) in [5.74, 6) is -1.12. The molecule has 3 nitrogen and oxygen atoms in total. The van der Waals surface area contributed by atoms with Crippen LogP contribution in [0.1, 0.15) is 20.7 Å². The minimum Gasteiger partial charge on any atom is -0.386 e. The highest BCUT2D eigenvalue weighted by molar-refractivity contribution is 6.33. The van der Waals surface area contributed by atoms with Crippen molar-refractivity contribution in [1.82, 2.24) is 0 Å². The SMILES string of the molecule is O=C1OC(=O)c2c1c1ccccc1c1c2ccc2ccccc21. The molecule has 0 saturated heterocycles. The third kappa shape index (κ3) is 1.48. The van der Waals surface area contributed by atoms with E-state index in [9.17, 15) is 9.59 Å². The molecule has 0 amide bonds. The topological polar surface area (TPSA) is 43.4 Å². The molecule has 0 unspecified atom stereocenters. The van der Waals surface area contributed by atoms with E-state index in [1.54, 1.807) is 0 Å². The van der Waals surface area contributed by atoms with Crippen LogP contribution in [0, 0.1) is 0 Å². The van der Waals surface area contributed by atoms with E-state index >= 15 is 0 Å². The molecule has 108 valence electrons. The molecule has 0 atom stereocenters. The molecule has 3 heteroatoms. The second kappa shape index (κ2) is 4.17. The Labute approximate surface area is 131 Å².